The number of carboxylic acid groups (broad SMARTS) is 1. The number of carbonyl (C=O) groups excluding carboxylic acids is 2. The van der Waals surface area contributed by atoms with E-state index in [0.29, 0.717) is 43.9 Å². The number of carbonyl (C=O) groups is 3. The van der Waals surface area contributed by atoms with Crippen molar-refractivity contribution in [1.82, 2.24) is 4.90 Å². The fourth-order valence-electron chi connectivity index (χ4n) is 2.99. The average molecular weight is 347 g/mol. The number of aliphatic carboxylic acids is 1. The summed E-state index contributed by atoms with van der Waals surface area (Å²) in [5.41, 5.74) is 0.647. The Labute approximate surface area is 147 Å². The van der Waals surface area contributed by atoms with Gasteiger partial charge in [-0.05, 0) is 56.4 Å². The molecule has 0 unspecified atom stereocenters. The van der Waals surface area contributed by atoms with E-state index < -0.39 is 5.97 Å². The van der Waals surface area contributed by atoms with Crippen molar-refractivity contribution in [3.05, 3.63) is 29.8 Å². The highest BCUT2D eigenvalue weighted by molar-refractivity contribution is 5.94. The van der Waals surface area contributed by atoms with Crippen molar-refractivity contribution in [3.8, 4) is 5.75 Å². The van der Waals surface area contributed by atoms with Crippen LogP contribution in [0.25, 0.3) is 0 Å². The second-order valence-corrected chi connectivity index (χ2v) is 6.45. The summed E-state index contributed by atoms with van der Waals surface area (Å²) in [6.07, 6.45) is 2.77. The standard InChI is InChI=1S/C19H25NO5/c1-14(21)16-4-6-17(7-5-16)25-12-2-3-18(22)20-10-8-15(9-11-20)13-19(23)24/h4-7,15H,2-3,8-13H2,1H3,(H,23,24). The van der Waals surface area contributed by atoms with Crippen LogP contribution in [0.4, 0.5) is 0 Å². The van der Waals surface area contributed by atoms with Crippen LogP contribution < -0.4 is 4.74 Å². The first-order chi connectivity index (χ1) is 12.0. The Morgan fingerprint density at radius 1 is 1.16 bits per heavy atom. The highest BCUT2D eigenvalue weighted by atomic mass is 16.5. The number of piperidine rings is 1. The zero-order valence-corrected chi connectivity index (χ0v) is 14.6. The van der Waals surface area contributed by atoms with E-state index in [2.05, 4.69) is 0 Å². The normalized spacial score (nSPS) is 15.0. The molecule has 1 amide bonds. The number of amides is 1. The second-order valence-electron chi connectivity index (χ2n) is 6.45. The molecule has 1 fully saturated rings. The summed E-state index contributed by atoms with van der Waals surface area (Å²) in [5.74, 6) is 0.224. The summed E-state index contributed by atoms with van der Waals surface area (Å²) in [7, 11) is 0. The van der Waals surface area contributed by atoms with Crippen LogP contribution in [-0.4, -0.2) is 47.4 Å². The Hall–Kier alpha value is -2.37. The van der Waals surface area contributed by atoms with E-state index in [4.69, 9.17) is 9.84 Å². The number of nitrogens with zero attached hydrogens (tertiary/aromatic N) is 1. The number of Topliss-reactive ketones (excluding diaryl/α,β-unsaturated/α-hetero) is 1. The predicted molar refractivity (Wildman–Crippen MR) is 92.7 cm³/mol. The first kappa shape index (κ1) is 19.0. The average Bonchev–Trinajstić information content (AvgIpc) is 2.59. The maximum Gasteiger partial charge on any atom is 0.303 e. The smallest absolute Gasteiger partial charge is 0.303 e. The van der Waals surface area contributed by atoms with Crippen molar-refractivity contribution in [2.24, 2.45) is 5.92 Å². The first-order valence-corrected chi connectivity index (χ1v) is 8.69. The van der Waals surface area contributed by atoms with Crippen LogP contribution in [0.5, 0.6) is 5.75 Å². The highest BCUT2D eigenvalue weighted by Crippen LogP contribution is 2.21. The van der Waals surface area contributed by atoms with Crippen LogP contribution in [0.1, 0.15) is 49.4 Å². The molecule has 1 N–H and O–H groups in total. The summed E-state index contributed by atoms with van der Waals surface area (Å²) < 4.78 is 5.59. The monoisotopic (exact) mass is 347 g/mol. The maximum absolute atomic E-state index is 12.2. The fourth-order valence-corrected chi connectivity index (χ4v) is 2.99. The summed E-state index contributed by atoms with van der Waals surface area (Å²) >= 11 is 0. The summed E-state index contributed by atoms with van der Waals surface area (Å²) in [5, 5.41) is 8.81. The minimum absolute atomic E-state index is 0.0178. The van der Waals surface area contributed by atoms with E-state index in [-0.39, 0.29) is 24.0 Å². The van der Waals surface area contributed by atoms with Crippen molar-refractivity contribution in [1.29, 1.82) is 0 Å². The molecule has 0 bridgehead atoms. The topological polar surface area (TPSA) is 83.9 Å². The van der Waals surface area contributed by atoms with Crippen LogP contribution in [0.2, 0.25) is 0 Å². The molecule has 0 atom stereocenters. The summed E-state index contributed by atoms with van der Waals surface area (Å²) in [6.45, 7) is 3.25. The molecule has 1 saturated heterocycles. The van der Waals surface area contributed by atoms with Gasteiger partial charge in [-0.2, -0.15) is 0 Å². The molecule has 6 heteroatoms. The Kier molecular flexibility index (Phi) is 6.98. The second kappa shape index (κ2) is 9.20. The van der Waals surface area contributed by atoms with Gasteiger partial charge in [-0.3, -0.25) is 14.4 Å². The number of hydrogen-bond donors (Lipinski definition) is 1. The van der Waals surface area contributed by atoms with Gasteiger partial charge in [-0.25, -0.2) is 0 Å². The molecular weight excluding hydrogens is 322 g/mol. The predicted octanol–water partition coefficient (Wildman–Crippen LogP) is 2.76. The molecule has 0 aliphatic carbocycles. The third-order valence-corrected chi connectivity index (χ3v) is 4.50. The third kappa shape index (κ3) is 6.21. The van der Waals surface area contributed by atoms with Gasteiger partial charge in [0.25, 0.3) is 0 Å². The van der Waals surface area contributed by atoms with Crippen LogP contribution in [-0.2, 0) is 9.59 Å². The van der Waals surface area contributed by atoms with Crippen molar-refractivity contribution < 1.29 is 24.2 Å². The van der Waals surface area contributed by atoms with Gasteiger partial charge in [0.1, 0.15) is 5.75 Å². The lowest BCUT2D eigenvalue weighted by atomic mass is 9.93. The van der Waals surface area contributed by atoms with Gasteiger partial charge < -0.3 is 14.7 Å². The minimum atomic E-state index is -0.765. The Balaban J connectivity index is 1.64. The molecule has 1 aromatic rings. The lowest BCUT2D eigenvalue weighted by Crippen LogP contribution is -2.38. The third-order valence-electron chi connectivity index (χ3n) is 4.50. The molecule has 6 nitrogen and oxygen atoms in total. The minimum Gasteiger partial charge on any atom is -0.494 e. The summed E-state index contributed by atoms with van der Waals surface area (Å²) in [6, 6.07) is 6.96. The van der Waals surface area contributed by atoms with Gasteiger partial charge in [0.2, 0.25) is 5.91 Å². The van der Waals surface area contributed by atoms with E-state index in [9.17, 15) is 14.4 Å². The number of ether oxygens (including phenoxy) is 1. The van der Waals surface area contributed by atoms with Gasteiger partial charge in [0.15, 0.2) is 5.78 Å². The zero-order valence-electron chi connectivity index (χ0n) is 14.6. The molecule has 1 aliphatic heterocycles. The van der Waals surface area contributed by atoms with Gasteiger partial charge in [-0.15, -0.1) is 0 Å². The van der Waals surface area contributed by atoms with Crippen molar-refractivity contribution in [2.45, 2.75) is 39.0 Å². The molecule has 2 rings (SSSR count). The Morgan fingerprint density at radius 3 is 2.36 bits per heavy atom. The van der Waals surface area contributed by atoms with Crippen LogP contribution >= 0.6 is 0 Å². The van der Waals surface area contributed by atoms with E-state index in [1.165, 1.54) is 6.92 Å². The van der Waals surface area contributed by atoms with Gasteiger partial charge in [-0.1, -0.05) is 0 Å². The fraction of sp³-hybridized carbons (Fsp3) is 0.526. The number of benzene rings is 1. The molecule has 1 aromatic carbocycles. The lowest BCUT2D eigenvalue weighted by Gasteiger charge is -2.31. The first-order valence-electron chi connectivity index (χ1n) is 8.69. The Bertz CT molecular complexity index is 603. The van der Waals surface area contributed by atoms with Crippen LogP contribution in [0.15, 0.2) is 24.3 Å². The molecule has 136 valence electrons. The Morgan fingerprint density at radius 2 is 1.80 bits per heavy atom. The molecule has 1 heterocycles. The van der Waals surface area contributed by atoms with Crippen LogP contribution in [0, 0.1) is 5.92 Å². The molecule has 0 saturated carbocycles. The maximum atomic E-state index is 12.2. The van der Waals surface area contributed by atoms with Crippen molar-refractivity contribution >= 4 is 17.7 Å². The number of hydrogen-bond acceptors (Lipinski definition) is 4. The molecular formula is C19H25NO5. The van der Waals surface area contributed by atoms with Crippen molar-refractivity contribution in [3.63, 3.8) is 0 Å². The number of likely N-dealkylation sites (tertiary alicyclic amines) is 1. The molecule has 1 aliphatic rings. The number of rotatable bonds is 8. The molecule has 0 aromatic heterocycles. The largest absolute Gasteiger partial charge is 0.494 e. The van der Waals surface area contributed by atoms with E-state index in [1.54, 1.807) is 24.3 Å². The van der Waals surface area contributed by atoms with Gasteiger partial charge in [0, 0.05) is 31.5 Å². The number of carboxylic acids is 1. The quantitative estimate of drug-likeness (QED) is 0.577. The van der Waals surface area contributed by atoms with E-state index >= 15 is 0 Å². The van der Waals surface area contributed by atoms with Crippen LogP contribution in [0.3, 0.4) is 0 Å². The van der Waals surface area contributed by atoms with E-state index in [0.717, 1.165) is 12.8 Å². The van der Waals surface area contributed by atoms with Crippen molar-refractivity contribution in [2.75, 3.05) is 19.7 Å². The summed E-state index contributed by atoms with van der Waals surface area (Å²) in [4.78, 5) is 35.9. The van der Waals surface area contributed by atoms with E-state index in [1.807, 2.05) is 4.90 Å². The highest BCUT2D eigenvalue weighted by Gasteiger charge is 2.23. The molecule has 0 spiro atoms. The molecule has 25 heavy (non-hydrogen) atoms. The zero-order chi connectivity index (χ0) is 18.2. The SMILES string of the molecule is CC(=O)c1ccc(OCCCC(=O)N2CCC(CC(=O)O)CC2)cc1. The van der Waals surface area contributed by atoms with Gasteiger partial charge in [0.05, 0.1) is 6.61 Å². The van der Waals surface area contributed by atoms with Gasteiger partial charge >= 0.3 is 5.97 Å². The lowest BCUT2D eigenvalue weighted by molar-refractivity contribution is -0.138. The molecule has 0 radical (unpaired) electrons. The number of ketones is 1.